The number of hydrogen-bond donors (Lipinski definition) is 1. The van der Waals surface area contributed by atoms with Gasteiger partial charge in [-0.15, -0.1) is 0 Å². The minimum absolute atomic E-state index is 0.276. The topological polar surface area (TPSA) is 47.6 Å². The summed E-state index contributed by atoms with van der Waals surface area (Å²) in [5.74, 6) is 1.26. The van der Waals surface area contributed by atoms with Crippen molar-refractivity contribution in [2.75, 3.05) is 13.2 Å². The number of hydrogen-bond acceptors (Lipinski definition) is 3. The lowest BCUT2D eigenvalue weighted by atomic mass is 9.82. The molecule has 1 amide bonds. The fourth-order valence-electron chi connectivity index (χ4n) is 3.37. The van der Waals surface area contributed by atoms with Gasteiger partial charge in [-0.3, -0.25) is 0 Å². The van der Waals surface area contributed by atoms with Crippen LogP contribution in [-0.4, -0.2) is 19.2 Å². The molecule has 27 heavy (non-hydrogen) atoms. The van der Waals surface area contributed by atoms with Crippen LogP contribution in [0.5, 0.6) is 5.75 Å². The molecule has 0 bridgehead atoms. The van der Waals surface area contributed by atoms with Crippen molar-refractivity contribution in [2.24, 2.45) is 11.8 Å². The molecular formula is C22H26FNO3. The molecule has 0 spiro atoms. The Labute approximate surface area is 159 Å². The van der Waals surface area contributed by atoms with Crippen LogP contribution in [-0.2, 0) is 11.3 Å². The highest BCUT2D eigenvalue weighted by molar-refractivity contribution is 5.67. The Morgan fingerprint density at radius 2 is 1.74 bits per heavy atom. The number of carbonyl (C=O) groups excluding carboxylic acids is 1. The Morgan fingerprint density at radius 3 is 2.48 bits per heavy atom. The van der Waals surface area contributed by atoms with Crippen molar-refractivity contribution < 1.29 is 18.7 Å². The van der Waals surface area contributed by atoms with Crippen LogP contribution in [0.4, 0.5) is 9.18 Å². The number of nitrogens with one attached hydrogen (secondary N) is 1. The molecule has 144 valence electrons. The van der Waals surface area contributed by atoms with Crippen LogP contribution in [0.3, 0.4) is 0 Å². The van der Waals surface area contributed by atoms with Crippen molar-refractivity contribution in [2.45, 2.75) is 32.3 Å². The zero-order valence-corrected chi connectivity index (χ0v) is 15.4. The van der Waals surface area contributed by atoms with E-state index in [2.05, 4.69) is 5.32 Å². The molecule has 2 aromatic carbocycles. The third-order valence-electron chi connectivity index (χ3n) is 5.00. The Morgan fingerprint density at radius 1 is 1.00 bits per heavy atom. The number of amides is 1. The molecular weight excluding hydrogens is 345 g/mol. The summed E-state index contributed by atoms with van der Waals surface area (Å²) in [6.45, 7) is 1.55. The van der Waals surface area contributed by atoms with E-state index in [0.29, 0.717) is 30.7 Å². The maximum absolute atomic E-state index is 13.2. The minimum atomic E-state index is -0.365. The van der Waals surface area contributed by atoms with Gasteiger partial charge in [0.15, 0.2) is 0 Å². The molecule has 0 unspecified atom stereocenters. The van der Waals surface area contributed by atoms with Crippen LogP contribution in [0, 0.1) is 17.7 Å². The molecule has 1 aliphatic carbocycles. The number of benzene rings is 2. The average molecular weight is 371 g/mol. The minimum Gasteiger partial charge on any atom is -0.493 e. The summed E-state index contributed by atoms with van der Waals surface area (Å²) in [7, 11) is 0. The van der Waals surface area contributed by atoms with Gasteiger partial charge in [0.2, 0.25) is 0 Å². The normalized spacial score (nSPS) is 19.3. The summed E-state index contributed by atoms with van der Waals surface area (Å²) < 4.78 is 24.1. The third kappa shape index (κ3) is 6.59. The van der Waals surface area contributed by atoms with E-state index < -0.39 is 0 Å². The Kier molecular flexibility index (Phi) is 7.08. The average Bonchev–Trinajstić information content (AvgIpc) is 2.71. The molecule has 0 saturated heterocycles. The van der Waals surface area contributed by atoms with E-state index in [4.69, 9.17) is 9.47 Å². The van der Waals surface area contributed by atoms with E-state index in [-0.39, 0.29) is 18.5 Å². The van der Waals surface area contributed by atoms with E-state index >= 15 is 0 Å². The van der Waals surface area contributed by atoms with Gasteiger partial charge in [-0.1, -0.05) is 36.4 Å². The standard InChI is InChI=1S/C22H26FNO3/c23-20-7-4-8-21(13-20)26-15-19-11-9-17(10-12-19)14-24-22(25)27-16-18-5-2-1-3-6-18/h1-8,13,17,19H,9-12,14-16H2,(H,24,25)/t17-,19+. The second-order valence-corrected chi connectivity index (χ2v) is 7.10. The van der Waals surface area contributed by atoms with Crippen LogP contribution in [0.2, 0.25) is 0 Å². The van der Waals surface area contributed by atoms with E-state index in [1.165, 1.54) is 12.1 Å². The summed E-state index contributed by atoms with van der Waals surface area (Å²) in [5.41, 5.74) is 0.978. The van der Waals surface area contributed by atoms with Crippen LogP contribution in [0.15, 0.2) is 54.6 Å². The monoisotopic (exact) mass is 371 g/mol. The zero-order valence-electron chi connectivity index (χ0n) is 15.4. The van der Waals surface area contributed by atoms with Crippen molar-refractivity contribution in [3.63, 3.8) is 0 Å². The summed E-state index contributed by atoms with van der Waals surface area (Å²) in [6, 6.07) is 15.9. The van der Waals surface area contributed by atoms with Crippen molar-refractivity contribution in [3.8, 4) is 5.75 Å². The molecule has 1 fully saturated rings. The van der Waals surface area contributed by atoms with E-state index in [0.717, 1.165) is 31.2 Å². The van der Waals surface area contributed by atoms with Crippen LogP contribution in [0.1, 0.15) is 31.2 Å². The van der Waals surface area contributed by atoms with Crippen molar-refractivity contribution >= 4 is 6.09 Å². The van der Waals surface area contributed by atoms with E-state index in [9.17, 15) is 9.18 Å². The molecule has 3 rings (SSSR count). The molecule has 0 aromatic heterocycles. The first-order valence-electron chi connectivity index (χ1n) is 9.52. The lowest BCUT2D eigenvalue weighted by Gasteiger charge is -2.28. The first-order valence-corrected chi connectivity index (χ1v) is 9.52. The van der Waals surface area contributed by atoms with Gasteiger partial charge >= 0.3 is 6.09 Å². The van der Waals surface area contributed by atoms with Crippen LogP contribution in [0.25, 0.3) is 0 Å². The van der Waals surface area contributed by atoms with Gasteiger partial charge < -0.3 is 14.8 Å². The SMILES string of the molecule is O=C(NC[C@H]1CC[C@@H](COc2cccc(F)c2)CC1)OCc1ccccc1. The number of halogens is 1. The maximum Gasteiger partial charge on any atom is 0.407 e. The predicted molar refractivity (Wildman–Crippen MR) is 102 cm³/mol. The largest absolute Gasteiger partial charge is 0.493 e. The molecule has 5 heteroatoms. The fourth-order valence-corrected chi connectivity index (χ4v) is 3.37. The first-order chi connectivity index (χ1) is 13.2. The highest BCUT2D eigenvalue weighted by Crippen LogP contribution is 2.29. The van der Waals surface area contributed by atoms with E-state index in [1.807, 2.05) is 30.3 Å². The lowest BCUT2D eigenvalue weighted by molar-refractivity contribution is 0.134. The van der Waals surface area contributed by atoms with Crippen molar-refractivity contribution in [1.82, 2.24) is 5.32 Å². The molecule has 0 heterocycles. The highest BCUT2D eigenvalue weighted by Gasteiger charge is 2.22. The van der Waals surface area contributed by atoms with E-state index in [1.54, 1.807) is 12.1 Å². The number of rotatable bonds is 7. The fraction of sp³-hybridized carbons (Fsp3) is 0.409. The van der Waals surface area contributed by atoms with Gasteiger partial charge in [-0.25, -0.2) is 9.18 Å². The molecule has 0 radical (unpaired) electrons. The number of ether oxygens (including phenoxy) is 2. The summed E-state index contributed by atoms with van der Waals surface area (Å²) in [4.78, 5) is 11.8. The van der Waals surface area contributed by atoms with Gasteiger partial charge in [0.05, 0.1) is 6.61 Å². The predicted octanol–water partition coefficient (Wildman–Crippen LogP) is 4.94. The van der Waals surface area contributed by atoms with Crippen molar-refractivity contribution in [1.29, 1.82) is 0 Å². The van der Waals surface area contributed by atoms with Gasteiger partial charge in [-0.2, -0.15) is 0 Å². The quantitative estimate of drug-likeness (QED) is 0.750. The molecule has 1 N–H and O–H groups in total. The van der Waals surface area contributed by atoms with Gasteiger partial charge in [0.25, 0.3) is 0 Å². The number of carbonyl (C=O) groups is 1. The Balaban J connectivity index is 1.29. The maximum atomic E-state index is 13.2. The molecule has 1 aliphatic rings. The third-order valence-corrected chi connectivity index (χ3v) is 5.00. The first kappa shape index (κ1) is 19.2. The zero-order chi connectivity index (χ0) is 18.9. The van der Waals surface area contributed by atoms with Gasteiger partial charge in [0.1, 0.15) is 18.2 Å². The summed E-state index contributed by atoms with van der Waals surface area (Å²) >= 11 is 0. The highest BCUT2D eigenvalue weighted by atomic mass is 19.1. The number of alkyl carbamates (subject to hydrolysis) is 1. The molecule has 0 atom stereocenters. The molecule has 2 aromatic rings. The molecule has 1 saturated carbocycles. The Bertz CT molecular complexity index is 715. The molecule has 0 aliphatic heterocycles. The smallest absolute Gasteiger partial charge is 0.407 e. The van der Waals surface area contributed by atoms with Gasteiger partial charge in [0, 0.05) is 12.6 Å². The Hall–Kier alpha value is -2.56. The lowest BCUT2D eigenvalue weighted by Crippen LogP contribution is -2.32. The summed E-state index contributed by atoms with van der Waals surface area (Å²) in [6.07, 6.45) is 3.85. The summed E-state index contributed by atoms with van der Waals surface area (Å²) in [5, 5.41) is 2.87. The van der Waals surface area contributed by atoms with Gasteiger partial charge in [-0.05, 0) is 55.2 Å². The van der Waals surface area contributed by atoms with Crippen molar-refractivity contribution in [3.05, 3.63) is 66.0 Å². The molecule has 4 nitrogen and oxygen atoms in total. The van der Waals surface area contributed by atoms with Crippen LogP contribution < -0.4 is 10.1 Å². The second kappa shape index (κ2) is 9.95. The van der Waals surface area contributed by atoms with Crippen LogP contribution >= 0.6 is 0 Å². The second-order valence-electron chi connectivity index (χ2n) is 7.10.